The fourth-order valence-corrected chi connectivity index (χ4v) is 11.1. The molecule has 0 bridgehead atoms. The lowest BCUT2D eigenvalue weighted by atomic mass is 9.98. The van der Waals surface area contributed by atoms with Crippen LogP contribution in [0.2, 0.25) is 0 Å². The van der Waals surface area contributed by atoms with Crippen LogP contribution < -0.4 is 0 Å². The lowest BCUT2D eigenvalue weighted by molar-refractivity contribution is 1.19. The van der Waals surface area contributed by atoms with Gasteiger partial charge < -0.3 is 4.57 Å². The van der Waals surface area contributed by atoms with Gasteiger partial charge in [-0.15, -0.1) is 34.0 Å². The molecule has 46 heavy (non-hydrogen) atoms. The van der Waals surface area contributed by atoms with Crippen molar-refractivity contribution in [2.75, 3.05) is 0 Å². The largest absolute Gasteiger partial charge is 0.308 e. The monoisotopic (exact) mass is 637 g/mol. The zero-order valence-electron chi connectivity index (χ0n) is 24.5. The summed E-state index contributed by atoms with van der Waals surface area (Å²) in [6, 6.07) is 51.9. The third-order valence-corrected chi connectivity index (χ3v) is 13.1. The van der Waals surface area contributed by atoms with Crippen LogP contribution in [-0.4, -0.2) is 4.57 Å². The van der Waals surface area contributed by atoms with Crippen LogP contribution in [0, 0.1) is 0 Å². The van der Waals surface area contributed by atoms with Crippen LogP contribution in [-0.2, 0) is 0 Å². The molecule has 4 heteroatoms. The molecule has 11 rings (SSSR count). The fourth-order valence-electron chi connectivity index (χ4n) is 7.59. The number of para-hydroxylation sites is 1. The molecule has 11 aromatic rings. The van der Waals surface area contributed by atoms with Gasteiger partial charge in [0.2, 0.25) is 0 Å². The minimum absolute atomic E-state index is 1.21. The van der Waals surface area contributed by atoms with Crippen molar-refractivity contribution >= 4 is 116 Å². The number of nitrogens with zero attached hydrogens (tertiary/aromatic N) is 1. The Kier molecular flexibility index (Phi) is 5.08. The van der Waals surface area contributed by atoms with E-state index in [-0.39, 0.29) is 0 Å². The van der Waals surface area contributed by atoms with Gasteiger partial charge in [-0.2, -0.15) is 0 Å². The smallest absolute Gasteiger partial charge is 0.0719 e. The van der Waals surface area contributed by atoms with E-state index in [1.54, 1.807) is 0 Å². The van der Waals surface area contributed by atoms with E-state index in [0.29, 0.717) is 0 Å². The van der Waals surface area contributed by atoms with Gasteiger partial charge in [-0.3, -0.25) is 0 Å². The number of hydrogen-bond donors (Lipinski definition) is 0. The highest BCUT2D eigenvalue weighted by atomic mass is 32.1. The van der Waals surface area contributed by atoms with Crippen molar-refractivity contribution in [3.8, 4) is 16.8 Å². The Labute approximate surface area is 275 Å². The first kappa shape index (κ1) is 25.2. The first-order valence-corrected chi connectivity index (χ1v) is 18.0. The maximum Gasteiger partial charge on any atom is 0.0719 e. The Bertz CT molecular complexity index is 3040. The van der Waals surface area contributed by atoms with Gasteiger partial charge >= 0.3 is 0 Å². The van der Waals surface area contributed by atoms with Crippen molar-refractivity contribution in [2.45, 2.75) is 0 Å². The Balaban J connectivity index is 1.14. The van der Waals surface area contributed by atoms with Crippen molar-refractivity contribution in [1.29, 1.82) is 0 Å². The minimum atomic E-state index is 1.21. The first-order valence-electron chi connectivity index (χ1n) is 15.5. The van der Waals surface area contributed by atoms with E-state index in [2.05, 4.69) is 144 Å². The van der Waals surface area contributed by atoms with E-state index in [1.165, 1.54) is 99.1 Å². The third kappa shape index (κ3) is 3.38. The predicted octanol–water partition coefficient (Wildman–Crippen LogP) is 13.6. The summed E-state index contributed by atoms with van der Waals surface area (Å²) < 4.78 is 10.5. The van der Waals surface area contributed by atoms with Crippen LogP contribution in [0.1, 0.15) is 0 Å². The molecule has 1 nitrogen and oxygen atoms in total. The van der Waals surface area contributed by atoms with Gasteiger partial charge in [0.05, 0.1) is 15.7 Å². The fraction of sp³-hybridized carbons (Fsp3) is 0. The van der Waals surface area contributed by atoms with Gasteiger partial charge in [0.15, 0.2) is 0 Å². The van der Waals surface area contributed by atoms with E-state index in [0.717, 1.165) is 0 Å². The molecule has 7 aromatic carbocycles. The van der Waals surface area contributed by atoms with Gasteiger partial charge in [-0.05, 0) is 53.6 Å². The van der Waals surface area contributed by atoms with Gasteiger partial charge in [-0.1, -0.05) is 97.1 Å². The van der Waals surface area contributed by atoms with Crippen LogP contribution in [0.3, 0.4) is 0 Å². The van der Waals surface area contributed by atoms with Crippen molar-refractivity contribution in [2.24, 2.45) is 0 Å². The van der Waals surface area contributed by atoms with E-state index >= 15 is 0 Å². The Hall–Kier alpha value is -5.00. The van der Waals surface area contributed by atoms with E-state index in [9.17, 15) is 0 Å². The molecule has 0 spiro atoms. The number of thiophene rings is 3. The van der Waals surface area contributed by atoms with Crippen LogP contribution in [0.4, 0.5) is 0 Å². The molecule has 0 saturated carbocycles. The highest BCUT2D eigenvalue weighted by Crippen LogP contribution is 2.45. The highest BCUT2D eigenvalue weighted by molar-refractivity contribution is 7.27. The second-order valence-electron chi connectivity index (χ2n) is 12.1. The lowest BCUT2D eigenvalue weighted by Crippen LogP contribution is -1.93. The summed E-state index contributed by atoms with van der Waals surface area (Å²) in [5.41, 5.74) is 6.36. The molecule has 0 N–H and O–H groups in total. The minimum Gasteiger partial charge on any atom is -0.308 e. The predicted molar refractivity (Wildman–Crippen MR) is 205 cm³/mol. The van der Waals surface area contributed by atoms with Gasteiger partial charge in [0.25, 0.3) is 0 Å². The molecule has 0 aliphatic carbocycles. The van der Waals surface area contributed by atoms with Gasteiger partial charge in [0, 0.05) is 72.3 Å². The number of fused-ring (bicyclic) bond motifs is 13. The molecule has 0 radical (unpaired) electrons. The highest BCUT2D eigenvalue weighted by Gasteiger charge is 2.19. The summed E-state index contributed by atoms with van der Waals surface area (Å²) in [4.78, 5) is 0. The van der Waals surface area contributed by atoms with Crippen LogP contribution in [0.15, 0.2) is 140 Å². The number of rotatable bonds is 2. The summed E-state index contributed by atoms with van der Waals surface area (Å²) in [6.07, 6.45) is 0. The normalized spacial score (nSPS) is 12.3. The second-order valence-corrected chi connectivity index (χ2v) is 15.3. The Morgan fingerprint density at radius 2 is 1.02 bits per heavy atom. The van der Waals surface area contributed by atoms with Crippen molar-refractivity contribution in [3.05, 3.63) is 140 Å². The van der Waals surface area contributed by atoms with Crippen LogP contribution >= 0.6 is 34.0 Å². The summed E-state index contributed by atoms with van der Waals surface area (Å²) in [5, 5.41) is 10.6. The molecule has 0 amide bonds. The average molecular weight is 638 g/mol. The molecule has 0 atom stereocenters. The third-order valence-electron chi connectivity index (χ3n) is 9.61. The topological polar surface area (TPSA) is 4.93 Å². The molecular formula is C42H23NS3. The molecule has 4 heterocycles. The van der Waals surface area contributed by atoms with Crippen LogP contribution in [0.5, 0.6) is 0 Å². The second kappa shape index (κ2) is 9.27. The zero-order valence-corrected chi connectivity index (χ0v) is 26.9. The number of benzene rings is 7. The molecule has 0 unspecified atom stereocenters. The van der Waals surface area contributed by atoms with E-state index in [4.69, 9.17) is 0 Å². The molecular weight excluding hydrogens is 615 g/mol. The molecule has 4 aromatic heterocycles. The molecule has 0 aliphatic rings. The first-order chi connectivity index (χ1) is 22.8. The van der Waals surface area contributed by atoms with Crippen molar-refractivity contribution in [1.82, 2.24) is 4.57 Å². The zero-order chi connectivity index (χ0) is 29.9. The van der Waals surface area contributed by atoms with Gasteiger partial charge in [-0.25, -0.2) is 0 Å². The average Bonchev–Trinajstić information content (AvgIpc) is 3.86. The quantitative estimate of drug-likeness (QED) is 0.178. The maximum absolute atomic E-state index is 2.50. The molecule has 214 valence electrons. The molecule has 0 fully saturated rings. The van der Waals surface area contributed by atoms with E-state index in [1.807, 2.05) is 34.0 Å². The van der Waals surface area contributed by atoms with E-state index < -0.39 is 0 Å². The SMILES string of the molecule is c1ccc2c(c1)sc1c2ccc2c3ccccc3n(-c3ccc4c(c3)sc3cc(-c5cccc6sc7ccccc7c56)ccc34)c21. The summed E-state index contributed by atoms with van der Waals surface area (Å²) in [5.74, 6) is 0. The standard InChI is InChI=1S/C42H23NS3/c1-4-12-34-27(8-1)31-20-21-32-28-9-2-5-13-35(28)46-42(32)41(31)43(34)25-17-19-30-29-18-16-24(22-38(29)45-39(30)23-25)26-11-7-15-37-40(26)33-10-3-6-14-36(33)44-37/h1-23H. The summed E-state index contributed by atoms with van der Waals surface area (Å²) in [6.45, 7) is 0. The Morgan fingerprint density at radius 1 is 0.391 bits per heavy atom. The van der Waals surface area contributed by atoms with Crippen LogP contribution in [0.25, 0.3) is 99.1 Å². The molecule has 0 saturated heterocycles. The summed E-state index contributed by atoms with van der Waals surface area (Å²) >= 11 is 5.69. The maximum atomic E-state index is 2.50. The van der Waals surface area contributed by atoms with Gasteiger partial charge in [0.1, 0.15) is 0 Å². The number of hydrogen-bond acceptors (Lipinski definition) is 3. The Morgan fingerprint density at radius 3 is 1.91 bits per heavy atom. The van der Waals surface area contributed by atoms with Crippen molar-refractivity contribution in [3.63, 3.8) is 0 Å². The lowest BCUT2D eigenvalue weighted by Gasteiger charge is -2.09. The summed E-state index contributed by atoms with van der Waals surface area (Å²) in [7, 11) is 0. The van der Waals surface area contributed by atoms with Crippen molar-refractivity contribution < 1.29 is 0 Å². The molecule has 0 aliphatic heterocycles. The number of aromatic nitrogens is 1.